The Bertz CT molecular complexity index is 566. The highest BCUT2D eigenvalue weighted by atomic mass is 16.5. The number of carbonyl (C=O) groups is 2. The lowest BCUT2D eigenvalue weighted by Crippen LogP contribution is -2.46. The second kappa shape index (κ2) is 5.01. The number of nitrogens with one attached hydrogen (secondary N) is 2. The summed E-state index contributed by atoms with van der Waals surface area (Å²) in [4.78, 5) is 23.2. The maximum atomic E-state index is 11.6. The van der Waals surface area contributed by atoms with Crippen LogP contribution in [0.5, 0.6) is 5.75 Å². The minimum Gasteiger partial charge on any atom is -0.496 e. The number of para-hydroxylation sites is 1. The fourth-order valence-electron chi connectivity index (χ4n) is 2.16. The van der Waals surface area contributed by atoms with E-state index < -0.39 is 11.9 Å². The molecule has 0 radical (unpaired) electrons. The number of nitrogens with two attached hydrogens (primary N) is 1. The number of allylic oxidation sites excluding steroid dienone is 1. The third-order valence-electron chi connectivity index (χ3n) is 2.98. The minimum atomic E-state index is -0.609. The normalized spacial score (nSPS) is 18.6. The molecule has 1 heterocycles. The van der Waals surface area contributed by atoms with Crippen molar-refractivity contribution in [1.29, 1.82) is 0 Å². The van der Waals surface area contributed by atoms with Crippen LogP contribution < -0.4 is 21.1 Å². The Morgan fingerprint density at radius 3 is 2.68 bits per heavy atom. The summed E-state index contributed by atoms with van der Waals surface area (Å²) in [5.41, 5.74) is 6.86. The molecule has 0 aliphatic carbocycles. The first-order chi connectivity index (χ1) is 9.04. The van der Waals surface area contributed by atoms with Crippen molar-refractivity contribution in [3.8, 4) is 5.75 Å². The van der Waals surface area contributed by atoms with Gasteiger partial charge < -0.3 is 21.1 Å². The lowest BCUT2D eigenvalue weighted by atomic mass is 9.94. The van der Waals surface area contributed by atoms with Gasteiger partial charge >= 0.3 is 6.03 Å². The van der Waals surface area contributed by atoms with Gasteiger partial charge in [-0.05, 0) is 13.0 Å². The monoisotopic (exact) mass is 261 g/mol. The maximum Gasteiger partial charge on any atom is 0.319 e. The molecule has 6 heteroatoms. The highest BCUT2D eigenvalue weighted by molar-refractivity contribution is 5.97. The average molecular weight is 261 g/mol. The Morgan fingerprint density at radius 2 is 2.05 bits per heavy atom. The Balaban J connectivity index is 2.55. The summed E-state index contributed by atoms with van der Waals surface area (Å²) in [5, 5.41) is 5.22. The van der Waals surface area contributed by atoms with Crippen molar-refractivity contribution < 1.29 is 14.3 Å². The Kier molecular flexibility index (Phi) is 3.41. The largest absolute Gasteiger partial charge is 0.496 e. The summed E-state index contributed by atoms with van der Waals surface area (Å²) in [6.07, 6.45) is 0. The highest BCUT2D eigenvalue weighted by Crippen LogP contribution is 2.32. The SMILES string of the molecule is COc1ccccc1C1NC(=O)NC(C)=C1C(N)=O. The van der Waals surface area contributed by atoms with Crippen molar-refractivity contribution in [2.45, 2.75) is 13.0 Å². The number of urea groups is 1. The van der Waals surface area contributed by atoms with E-state index >= 15 is 0 Å². The number of methoxy groups -OCH3 is 1. The molecule has 0 saturated heterocycles. The summed E-state index contributed by atoms with van der Waals surface area (Å²) < 4.78 is 5.25. The molecule has 1 aromatic rings. The fraction of sp³-hybridized carbons (Fsp3) is 0.231. The number of hydrogen-bond donors (Lipinski definition) is 3. The van der Waals surface area contributed by atoms with Crippen LogP contribution in [0.15, 0.2) is 35.5 Å². The topological polar surface area (TPSA) is 93.4 Å². The van der Waals surface area contributed by atoms with E-state index in [0.29, 0.717) is 22.6 Å². The maximum absolute atomic E-state index is 11.6. The van der Waals surface area contributed by atoms with Crippen molar-refractivity contribution >= 4 is 11.9 Å². The van der Waals surface area contributed by atoms with Crippen LogP contribution in [-0.2, 0) is 4.79 Å². The van der Waals surface area contributed by atoms with E-state index in [1.165, 1.54) is 7.11 Å². The van der Waals surface area contributed by atoms with Crippen molar-refractivity contribution in [2.75, 3.05) is 7.11 Å². The molecule has 1 atom stereocenters. The molecule has 1 aliphatic heterocycles. The van der Waals surface area contributed by atoms with Gasteiger partial charge in [-0.2, -0.15) is 0 Å². The zero-order chi connectivity index (χ0) is 14.0. The van der Waals surface area contributed by atoms with E-state index in [0.717, 1.165) is 0 Å². The van der Waals surface area contributed by atoms with Crippen LogP contribution in [0.25, 0.3) is 0 Å². The number of carbonyl (C=O) groups excluding carboxylic acids is 2. The minimum absolute atomic E-state index is 0.323. The first kappa shape index (κ1) is 12.9. The quantitative estimate of drug-likeness (QED) is 0.751. The van der Waals surface area contributed by atoms with E-state index in [1.807, 2.05) is 6.07 Å². The Hall–Kier alpha value is -2.50. The van der Waals surface area contributed by atoms with E-state index in [9.17, 15) is 9.59 Å². The van der Waals surface area contributed by atoms with Crippen LogP contribution in [-0.4, -0.2) is 19.0 Å². The summed E-state index contributed by atoms with van der Waals surface area (Å²) in [6.45, 7) is 1.64. The standard InChI is InChI=1S/C13H15N3O3/c1-7-10(12(14)17)11(16-13(18)15-7)8-5-3-4-6-9(8)19-2/h3-6,11H,1-2H3,(H2,14,17)(H2,15,16,18). The summed E-state index contributed by atoms with van der Waals surface area (Å²) in [6, 6.07) is 6.18. The second-order valence-electron chi connectivity index (χ2n) is 4.18. The second-order valence-corrected chi connectivity index (χ2v) is 4.18. The van der Waals surface area contributed by atoms with Gasteiger partial charge in [0.05, 0.1) is 18.7 Å². The molecule has 4 N–H and O–H groups in total. The van der Waals surface area contributed by atoms with Crippen molar-refractivity contribution in [1.82, 2.24) is 10.6 Å². The van der Waals surface area contributed by atoms with Crippen LogP contribution in [0.2, 0.25) is 0 Å². The molecule has 0 aromatic heterocycles. The number of benzene rings is 1. The van der Waals surface area contributed by atoms with E-state index in [4.69, 9.17) is 10.5 Å². The Morgan fingerprint density at radius 1 is 1.37 bits per heavy atom. The number of rotatable bonds is 3. The van der Waals surface area contributed by atoms with Crippen LogP contribution in [0.1, 0.15) is 18.5 Å². The van der Waals surface area contributed by atoms with Gasteiger partial charge in [0.2, 0.25) is 5.91 Å². The van der Waals surface area contributed by atoms with Crippen LogP contribution >= 0.6 is 0 Å². The van der Waals surface area contributed by atoms with Gasteiger partial charge in [-0.15, -0.1) is 0 Å². The third-order valence-corrected chi connectivity index (χ3v) is 2.98. The highest BCUT2D eigenvalue weighted by Gasteiger charge is 2.31. The summed E-state index contributed by atoms with van der Waals surface area (Å²) in [5.74, 6) is 0.00200. The van der Waals surface area contributed by atoms with Crippen LogP contribution in [0, 0.1) is 0 Å². The molecular formula is C13H15N3O3. The molecule has 100 valence electrons. The molecule has 0 bridgehead atoms. The van der Waals surface area contributed by atoms with Gasteiger partial charge in [0.1, 0.15) is 5.75 Å². The molecule has 0 fully saturated rings. The molecule has 19 heavy (non-hydrogen) atoms. The summed E-state index contributed by atoms with van der Waals surface area (Å²) in [7, 11) is 1.53. The van der Waals surface area contributed by atoms with E-state index in [2.05, 4.69) is 10.6 Å². The summed E-state index contributed by atoms with van der Waals surface area (Å²) >= 11 is 0. The van der Waals surface area contributed by atoms with Gasteiger partial charge in [0, 0.05) is 11.3 Å². The molecule has 1 unspecified atom stereocenters. The number of amides is 3. The number of hydrogen-bond acceptors (Lipinski definition) is 3. The van der Waals surface area contributed by atoms with Crippen molar-refractivity contribution in [3.05, 3.63) is 41.1 Å². The van der Waals surface area contributed by atoms with Crippen molar-refractivity contribution in [3.63, 3.8) is 0 Å². The lowest BCUT2D eigenvalue weighted by Gasteiger charge is -2.28. The molecule has 0 saturated carbocycles. The molecule has 1 aromatic carbocycles. The number of primary amides is 1. The smallest absolute Gasteiger partial charge is 0.319 e. The van der Waals surface area contributed by atoms with Crippen LogP contribution in [0.3, 0.4) is 0 Å². The first-order valence-corrected chi connectivity index (χ1v) is 5.75. The van der Waals surface area contributed by atoms with Gasteiger partial charge in [-0.3, -0.25) is 4.79 Å². The average Bonchev–Trinajstić information content (AvgIpc) is 2.37. The zero-order valence-electron chi connectivity index (χ0n) is 10.7. The molecular weight excluding hydrogens is 246 g/mol. The lowest BCUT2D eigenvalue weighted by molar-refractivity contribution is -0.115. The van der Waals surface area contributed by atoms with E-state index in [-0.39, 0.29) is 6.03 Å². The molecule has 3 amide bonds. The number of ether oxygens (including phenoxy) is 1. The predicted octanol–water partition coefficient (Wildman–Crippen LogP) is 0.808. The predicted molar refractivity (Wildman–Crippen MR) is 69.3 cm³/mol. The van der Waals surface area contributed by atoms with Gasteiger partial charge in [-0.1, -0.05) is 18.2 Å². The fourth-order valence-corrected chi connectivity index (χ4v) is 2.16. The van der Waals surface area contributed by atoms with Gasteiger partial charge in [0.15, 0.2) is 0 Å². The van der Waals surface area contributed by atoms with E-state index in [1.54, 1.807) is 25.1 Å². The van der Waals surface area contributed by atoms with Gasteiger partial charge in [0.25, 0.3) is 0 Å². The zero-order valence-corrected chi connectivity index (χ0v) is 10.7. The van der Waals surface area contributed by atoms with Gasteiger partial charge in [-0.25, -0.2) is 4.79 Å². The van der Waals surface area contributed by atoms with Crippen molar-refractivity contribution in [2.24, 2.45) is 5.73 Å². The van der Waals surface area contributed by atoms with Crippen LogP contribution in [0.4, 0.5) is 4.79 Å². The molecule has 6 nitrogen and oxygen atoms in total. The Labute approximate surface area is 110 Å². The third kappa shape index (κ3) is 2.37. The molecule has 0 spiro atoms. The molecule has 1 aliphatic rings. The molecule has 2 rings (SSSR count). The first-order valence-electron chi connectivity index (χ1n) is 5.75.